The molecule has 0 aliphatic heterocycles. The minimum Gasteiger partial charge on any atom is -0.387 e. The zero-order chi connectivity index (χ0) is 16.8. The van der Waals surface area contributed by atoms with Gasteiger partial charge < -0.3 is 10.4 Å². The first-order chi connectivity index (χ1) is 11.8. The lowest BCUT2D eigenvalue weighted by molar-refractivity contribution is 0.191. The first-order valence-corrected chi connectivity index (χ1v) is 7.56. The van der Waals surface area contributed by atoms with Crippen molar-refractivity contribution in [3.8, 4) is 17.3 Å². The molecule has 5 heteroatoms. The van der Waals surface area contributed by atoms with E-state index in [0.717, 1.165) is 16.8 Å². The van der Waals surface area contributed by atoms with Crippen LogP contribution in [0.15, 0.2) is 67.0 Å². The molecule has 118 valence electrons. The zero-order valence-corrected chi connectivity index (χ0v) is 12.9. The van der Waals surface area contributed by atoms with Gasteiger partial charge >= 0.3 is 0 Å². The van der Waals surface area contributed by atoms with Crippen LogP contribution in [-0.4, -0.2) is 21.6 Å². The van der Waals surface area contributed by atoms with Gasteiger partial charge in [-0.2, -0.15) is 5.26 Å². The van der Waals surface area contributed by atoms with Gasteiger partial charge in [0.2, 0.25) is 0 Å². The van der Waals surface area contributed by atoms with Crippen LogP contribution >= 0.6 is 0 Å². The van der Waals surface area contributed by atoms with Gasteiger partial charge in [0.25, 0.3) is 0 Å². The highest BCUT2D eigenvalue weighted by molar-refractivity contribution is 5.63. The minimum absolute atomic E-state index is 0.355. The Morgan fingerprint density at radius 1 is 1.04 bits per heavy atom. The number of nitrogens with one attached hydrogen (secondary N) is 1. The number of aromatic nitrogens is 2. The van der Waals surface area contributed by atoms with E-state index in [9.17, 15) is 5.11 Å². The summed E-state index contributed by atoms with van der Waals surface area (Å²) < 4.78 is 0. The van der Waals surface area contributed by atoms with Crippen LogP contribution in [0.4, 0.5) is 5.82 Å². The second-order valence-electron chi connectivity index (χ2n) is 5.29. The summed E-state index contributed by atoms with van der Waals surface area (Å²) in [5.41, 5.74) is 3.12. The summed E-state index contributed by atoms with van der Waals surface area (Å²) in [5, 5.41) is 22.2. The number of hydrogen-bond acceptors (Lipinski definition) is 5. The van der Waals surface area contributed by atoms with Gasteiger partial charge in [0.05, 0.1) is 23.4 Å². The van der Waals surface area contributed by atoms with Gasteiger partial charge in [0, 0.05) is 18.2 Å². The lowest BCUT2D eigenvalue weighted by Crippen LogP contribution is -2.13. The molecular weight excluding hydrogens is 300 g/mol. The van der Waals surface area contributed by atoms with Crippen LogP contribution < -0.4 is 5.32 Å². The molecule has 1 heterocycles. The van der Waals surface area contributed by atoms with E-state index >= 15 is 0 Å². The Kier molecular flexibility index (Phi) is 4.80. The molecule has 3 aromatic rings. The summed E-state index contributed by atoms with van der Waals surface area (Å²) in [5.74, 6) is 0.638. The van der Waals surface area contributed by atoms with Crippen LogP contribution in [0.25, 0.3) is 11.3 Å². The van der Waals surface area contributed by atoms with Gasteiger partial charge in [-0.1, -0.05) is 42.5 Å². The van der Waals surface area contributed by atoms with Crippen LogP contribution in [0.3, 0.4) is 0 Å². The Bertz CT molecular complexity index is 841. The summed E-state index contributed by atoms with van der Waals surface area (Å²) >= 11 is 0. The van der Waals surface area contributed by atoms with Gasteiger partial charge in [0.1, 0.15) is 12.1 Å². The molecule has 24 heavy (non-hydrogen) atoms. The zero-order valence-electron chi connectivity index (χ0n) is 12.9. The Morgan fingerprint density at radius 2 is 1.79 bits per heavy atom. The van der Waals surface area contributed by atoms with Crippen LogP contribution in [0.2, 0.25) is 0 Å². The molecule has 0 saturated carbocycles. The second kappa shape index (κ2) is 7.36. The highest BCUT2D eigenvalue weighted by Gasteiger charge is 2.08. The Labute approximate surface area is 140 Å². The third-order valence-corrected chi connectivity index (χ3v) is 3.64. The molecule has 0 fully saturated rings. The van der Waals surface area contributed by atoms with Gasteiger partial charge in [-0.05, 0) is 17.7 Å². The topological polar surface area (TPSA) is 81.8 Å². The molecule has 3 rings (SSSR count). The average Bonchev–Trinajstić information content (AvgIpc) is 2.67. The first kappa shape index (κ1) is 15.7. The number of nitriles is 1. The smallest absolute Gasteiger partial charge is 0.130 e. The summed E-state index contributed by atoms with van der Waals surface area (Å²) in [6.45, 7) is 0.355. The van der Waals surface area contributed by atoms with E-state index in [2.05, 4.69) is 21.4 Å². The van der Waals surface area contributed by atoms with E-state index in [4.69, 9.17) is 5.26 Å². The number of aliphatic hydroxyl groups excluding tert-OH is 1. The predicted octanol–water partition coefficient (Wildman–Crippen LogP) is 3.16. The summed E-state index contributed by atoms with van der Waals surface area (Å²) in [6, 6.07) is 20.6. The molecule has 1 aromatic heterocycles. The molecule has 0 radical (unpaired) electrons. The lowest BCUT2D eigenvalue weighted by atomic mass is 10.1. The summed E-state index contributed by atoms with van der Waals surface area (Å²) in [6.07, 6.45) is 0.865. The first-order valence-electron chi connectivity index (χ1n) is 7.56. The average molecular weight is 316 g/mol. The monoisotopic (exact) mass is 316 g/mol. The van der Waals surface area contributed by atoms with Crippen molar-refractivity contribution in [2.24, 2.45) is 0 Å². The number of rotatable bonds is 5. The molecule has 0 unspecified atom stereocenters. The van der Waals surface area contributed by atoms with Crippen LogP contribution in [0.5, 0.6) is 0 Å². The Morgan fingerprint density at radius 3 is 2.50 bits per heavy atom. The minimum atomic E-state index is -0.612. The molecule has 1 atom stereocenters. The van der Waals surface area contributed by atoms with E-state index in [-0.39, 0.29) is 0 Å². The molecule has 0 bridgehead atoms. The summed E-state index contributed by atoms with van der Waals surface area (Å²) in [4.78, 5) is 8.43. The van der Waals surface area contributed by atoms with E-state index < -0.39 is 6.10 Å². The van der Waals surface area contributed by atoms with Crippen molar-refractivity contribution in [1.82, 2.24) is 9.97 Å². The SMILES string of the molecule is N#Cc1ccc(-c2cc(NC[C@H](O)c3ccccc3)ncn2)cc1. The lowest BCUT2D eigenvalue weighted by Gasteiger charge is -2.13. The predicted molar refractivity (Wildman–Crippen MR) is 92.1 cm³/mol. The maximum atomic E-state index is 10.2. The fourth-order valence-corrected chi connectivity index (χ4v) is 2.32. The second-order valence-corrected chi connectivity index (χ2v) is 5.29. The highest BCUT2D eigenvalue weighted by Crippen LogP contribution is 2.20. The molecule has 0 aliphatic carbocycles. The van der Waals surface area contributed by atoms with E-state index in [1.54, 1.807) is 12.1 Å². The fraction of sp³-hybridized carbons (Fsp3) is 0.105. The maximum absolute atomic E-state index is 10.2. The molecule has 0 spiro atoms. The molecular formula is C19H16N4O. The Balaban J connectivity index is 1.70. The molecule has 0 aliphatic rings. The molecule has 2 aromatic carbocycles. The number of anilines is 1. The van der Waals surface area contributed by atoms with E-state index in [1.807, 2.05) is 48.5 Å². The number of nitrogens with zero attached hydrogens (tertiary/aromatic N) is 3. The van der Waals surface area contributed by atoms with Crippen molar-refractivity contribution in [2.75, 3.05) is 11.9 Å². The number of hydrogen-bond donors (Lipinski definition) is 2. The van der Waals surface area contributed by atoms with Crippen molar-refractivity contribution in [1.29, 1.82) is 5.26 Å². The normalized spacial score (nSPS) is 11.5. The van der Waals surface area contributed by atoms with Crippen molar-refractivity contribution < 1.29 is 5.11 Å². The van der Waals surface area contributed by atoms with Crippen LogP contribution in [0, 0.1) is 11.3 Å². The van der Waals surface area contributed by atoms with Gasteiger partial charge in [-0.25, -0.2) is 9.97 Å². The molecule has 5 nitrogen and oxygen atoms in total. The van der Waals surface area contributed by atoms with Crippen LogP contribution in [0.1, 0.15) is 17.2 Å². The fourth-order valence-electron chi connectivity index (χ4n) is 2.32. The van der Waals surface area contributed by atoms with E-state index in [0.29, 0.717) is 17.9 Å². The third-order valence-electron chi connectivity index (χ3n) is 3.64. The maximum Gasteiger partial charge on any atom is 0.130 e. The van der Waals surface area contributed by atoms with Crippen molar-refractivity contribution in [2.45, 2.75) is 6.10 Å². The highest BCUT2D eigenvalue weighted by atomic mass is 16.3. The van der Waals surface area contributed by atoms with Gasteiger partial charge in [0.15, 0.2) is 0 Å². The van der Waals surface area contributed by atoms with Crippen LogP contribution in [-0.2, 0) is 0 Å². The largest absolute Gasteiger partial charge is 0.387 e. The van der Waals surface area contributed by atoms with Gasteiger partial charge in [-0.3, -0.25) is 0 Å². The standard InChI is InChI=1S/C19H16N4O/c20-11-14-6-8-15(9-7-14)17-10-19(23-13-22-17)21-12-18(24)16-4-2-1-3-5-16/h1-10,13,18,24H,12H2,(H,21,22,23)/t18-/m0/s1. The number of aliphatic hydroxyl groups is 1. The molecule has 2 N–H and O–H groups in total. The summed E-state index contributed by atoms with van der Waals surface area (Å²) in [7, 11) is 0. The molecule has 0 saturated heterocycles. The van der Waals surface area contributed by atoms with E-state index in [1.165, 1.54) is 6.33 Å². The quantitative estimate of drug-likeness (QED) is 0.755. The van der Waals surface area contributed by atoms with Gasteiger partial charge in [-0.15, -0.1) is 0 Å². The Hall–Kier alpha value is -3.23. The van der Waals surface area contributed by atoms with Crippen molar-refractivity contribution >= 4 is 5.82 Å². The van der Waals surface area contributed by atoms with Crippen molar-refractivity contribution in [3.63, 3.8) is 0 Å². The third kappa shape index (κ3) is 3.75. The van der Waals surface area contributed by atoms with Crippen molar-refractivity contribution in [3.05, 3.63) is 78.1 Å². The molecule has 0 amide bonds. The number of benzene rings is 2.